The molecule has 3 amide bonds. The lowest BCUT2D eigenvalue weighted by Gasteiger charge is -2.40. The maximum absolute atomic E-state index is 12.2. The van der Waals surface area contributed by atoms with Gasteiger partial charge < -0.3 is 15.5 Å². The van der Waals surface area contributed by atoms with Gasteiger partial charge in [-0.25, -0.2) is 4.79 Å². The molecule has 1 aliphatic heterocycles. The number of amides is 3. The molecule has 5 nitrogen and oxygen atoms in total. The molecule has 1 aromatic carbocycles. The van der Waals surface area contributed by atoms with Crippen LogP contribution in [0.5, 0.6) is 0 Å². The summed E-state index contributed by atoms with van der Waals surface area (Å²) in [6.45, 7) is 6.76. The smallest absolute Gasteiger partial charge is 0.318 e. The van der Waals surface area contributed by atoms with Crippen LogP contribution >= 0.6 is 0 Å². The molecule has 1 fully saturated rings. The van der Waals surface area contributed by atoms with Crippen LogP contribution in [0, 0.1) is 6.92 Å². The average Bonchev–Trinajstić information content (AvgIpc) is 2.40. The Labute approximate surface area is 125 Å². The fourth-order valence-corrected chi connectivity index (χ4v) is 2.48. The van der Waals surface area contributed by atoms with E-state index in [2.05, 4.69) is 41.8 Å². The van der Waals surface area contributed by atoms with E-state index in [1.54, 1.807) is 4.90 Å². The topological polar surface area (TPSA) is 61.4 Å². The molecule has 114 valence electrons. The van der Waals surface area contributed by atoms with Gasteiger partial charge in [-0.2, -0.15) is 0 Å². The molecule has 1 aliphatic rings. The minimum atomic E-state index is -0.0657. The second kappa shape index (κ2) is 6.61. The van der Waals surface area contributed by atoms with Gasteiger partial charge in [0.15, 0.2) is 0 Å². The van der Waals surface area contributed by atoms with Gasteiger partial charge in [-0.1, -0.05) is 36.8 Å². The van der Waals surface area contributed by atoms with Crippen molar-refractivity contribution in [3.63, 3.8) is 0 Å². The molecule has 0 unspecified atom stereocenters. The summed E-state index contributed by atoms with van der Waals surface area (Å²) in [7, 11) is 0. The molecular weight excluding hydrogens is 266 g/mol. The Morgan fingerprint density at radius 2 is 1.90 bits per heavy atom. The van der Waals surface area contributed by atoms with Crippen LogP contribution in [-0.2, 0) is 4.79 Å². The summed E-state index contributed by atoms with van der Waals surface area (Å²) in [5, 5.41) is 5.86. The van der Waals surface area contributed by atoms with Crippen LogP contribution in [0.1, 0.15) is 37.4 Å². The zero-order valence-electron chi connectivity index (χ0n) is 12.8. The lowest BCUT2D eigenvalue weighted by molar-refractivity contribution is -0.120. The lowest BCUT2D eigenvalue weighted by Crippen LogP contribution is -2.62. The molecule has 0 spiro atoms. The second-order valence-electron chi connectivity index (χ2n) is 5.62. The van der Waals surface area contributed by atoms with Gasteiger partial charge in [0.25, 0.3) is 0 Å². The van der Waals surface area contributed by atoms with Crippen LogP contribution in [-0.4, -0.2) is 36.0 Å². The van der Waals surface area contributed by atoms with Gasteiger partial charge in [0, 0.05) is 20.0 Å². The quantitative estimate of drug-likeness (QED) is 0.890. The van der Waals surface area contributed by atoms with Crippen LogP contribution in [0.3, 0.4) is 0 Å². The van der Waals surface area contributed by atoms with Crippen molar-refractivity contribution in [2.24, 2.45) is 0 Å². The van der Waals surface area contributed by atoms with E-state index < -0.39 is 0 Å². The van der Waals surface area contributed by atoms with Gasteiger partial charge in [-0.15, -0.1) is 0 Å². The zero-order chi connectivity index (χ0) is 15.4. The molecule has 5 heteroatoms. The molecule has 0 aromatic heterocycles. The summed E-state index contributed by atoms with van der Waals surface area (Å²) in [5.41, 5.74) is 2.33. The number of hydrogen-bond acceptors (Lipinski definition) is 2. The SMILES string of the molecule is CC[C@H](NC(=O)N1CC(NC(C)=O)C1)c1ccc(C)cc1. The van der Waals surface area contributed by atoms with Crippen LogP contribution in [0.2, 0.25) is 0 Å². The summed E-state index contributed by atoms with van der Waals surface area (Å²) in [5.74, 6) is -0.0499. The first-order chi connectivity index (χ1) is 9.99. The standard InChI is InChI=1S/C16H23N3O2/c1-4-15(13-7-5-11(2)6-8-13)18-16(21)19-9-14(10-19)17-12(3)20/h5-8,14-15H,4,9-10H2,1-3H3,(H,17,20)(H,18,21)/t15-/m0/s1. The first-order valence-corrected chi connectivity index (χ1v) is 7.38. The number of likely N-dealkylation sites (tertiary alicyclic amines) is 1. The van der Waals surface area contributed by atoms with Gasteiger partial charge in [-0.3, -0.25) is 4.79 Å². The Kier molecular flexibility index (Phi) is 4.83. The highest BCUT2D eigenvalue weighted by molar-refractivity contribution is 5.77. The largest absolute Gasteiger partial charge is 0.350 e. The Hall–Kier alpha value is -2.04. The number of benzene rings is 1. The van der Waals surface area contributed by atoms with Gasteiger partial charge in [0.1, 0.15) is 0 Å². The van der Waals surface area contributed by atoms with Crippen LogP contribution in [0.25, 0.3) is 0 Å². The first-order valence-electron chi connectivity index (χ1n) is 7.38. The van der Waals surface area contributed by atoms with Crippen LogP contribution in [0.15, 0.2) is 24.3 Å². The number of urea groups is 1. The van der Waals surface area contributed by atoms with E-state index in [1.165, 1.54) is 12.5 Å². The summed E-state index contributed by atoms with van der Waals surface area (Å²) in [6.07, 6.45) is 0.845. The number of carbonyl (C=O) groups is 2. The number of nitrogens with one attached hydrogen (secondary N) is 2. The Bertz CT molecular complexity index is 507. The Morgan fingerprint density at radius 3 is 2.43 bits per heavy atom. The van der Waals surface area contributed by atoms with E-state index in [1.807, 2.05) is 6.92 Å². The molecule has 1 aromatic rings. The predicted octanol–water partition coefficient (Wildman–Crippen LogP) is 1.98. The normalized spacial score (nSPS) is 16.0. The molecular formula is C16H23N3O2. The Morgan fingerprint density at radius 1 is 1.29 bits per heavy atom. The zero-order valence-corrected chi connectivity index (χ0v) is 12.8. The number of rotatable bonds is 4. The van der Waals surface area contributed by atoms with Gasteiger partial charge in [-0.05, 0) is 18.9 Å². The average molecular weight is 289 g/mol. The van der Waals surface area contributed by atoms with Crippen molar-refractivity contribution >= 4 is 11.9 Å². The van der Waals surface area contributed by atoms with Gasteiger partial charge >= 0.3 is 6.03 Å². The van der Waals surface area contributed by atoms with Crippen molar-refractivity contribution in [3.05, 3.63) is 35.4 Å². The van der Waals surface area contributed by atoms with Crippen LogP contribution in [0.4, 0.5) is 4.79 Å². The first kappa shape index (κ1) is 15.4. The number of carbonyl (C=O) groups excluding carboxylic acids is 2. The maximum Gasteiger partial charge on any atom is 0.318 e. The molecule has 1 saturated heterocycles. The number of aryl methyl sites for hydroxylation is 1. The predicted molar refractivity (Wildman–Crippen MR) is 81.9 cm³/mol. The molecule has 0 radical (unpaired) electrons. The lowest BCUT2D eigenvalue weighted by atomic mass is 10.0. The summed E-state index contributed by atoms with van der Waals surface area (Å²) >= 11 is 0. The second-order valence-corrected chi connectivity index (χ2v) is 5.62. The van der Waals surface area contributed by atoms with E-state index in [0.717, 1.165) is 12.0 Å². The molecule has 1 heterocycles. The highest BCUT2D eigenvalue weighted by Crippen LogP contribution is 2.18. The van der Waals surface area contributed by atoms with E-state index in [-0.39, 0.29) is 24.0 Å². The molecule has 1 atom stereocenters. The molecule has 2 N–H and O–H groups in total. The van der Waals surface area contributed by atoms with Crippen molar-refractivity contribution in [2.45, 2.75) is 39.3 Å². The Balaban J connectivity index is 1.86. The molecule has 2 rings (SSSR count). The van der Waals surface area contributed by atoms with E-state index >= 15 is 0 Å². The maximum atomic E-state index is 12.2. The molecule has 0 saturated carbocycles. The van der Waals surface area contributed by atoms with Crippen LogP contribution < -0.4 is 10.6 Å². The van der Waals surface area contributed by atoms with E-state index in [0.29, 0.717) is 13.1 Å². The van der Waals surface area contributed by atoms with Crippen molar-refractivity contribution in [1.29, 1.82) is 0 Å². The molecule has 0 aliphatic carbocycles. The minimum Gasteiger partial charge on any atom is -0.350 e. The fourth-order valence-electron chi connectivity index (χ4n) is 2.48. The fraction of sp³-hybridized carbons (Fsp3) is 0.500. The summed E-state index contributed by atoms with van der Waals surface area (Å²) < 4.78 is 0. The third-order valence-corrected chi connectivity index (χ3v) is 3.76. The third-order valence-electron chi connectivity index (χ3n) is 3.76. The van der Waals surface area contributed by atoms with Gasteiger partial charge in [0.2, 0.25) is 5.91 Å². The highest BCUT2D eigenvalue weighted by atomic mass is 16.2. The summed E-state index contributed by atoms with van der Waals surface area (Å²) in [4.78, 5) is 24.8. The van der Waals surface area contributed by atoms with E-state index in [4.69, 9.17) is 0 Å². The number of hydrogen-bond donors (Lipinski definition) is 2. The van der Waals surface area contributed by atoms with Crippen molar-refractivity contribution in [1.82, 2.24) is 15.5 Å². The third kappa shape index (κ3) is 3.97. The monoisotopic (exact) mass is 289 g/mol. The minimum absolute atomic E-state index is 0.0258. The van der Waals surface area contributed by atoms with Gasteiger partial charge in [0.05, 0.1) is 12.1 Å². The highest BCUT2D eigenvalue weighted by Gasteiger charge is 2.31. The molecule has 21 heavy (non-hydrogen) atoms. The van der Waals surface area contributed by atoms with Crippen molar-refractivity contribution in [3.8, 4) is 0 Å². The number of nitrogens with zero attached hydrogens (tertiary/aromatic N) is 1. The summed E-state index contributed by atoms with van der Waals surface area (Å²) in [6, 6.07) is 8.27. The van der Waals surface area contributed by atoms with Crippen molar-refractivity contribution in [2.75, 3.05) is 13.1 Å². The van der Waals surface area contributed by atoms with Crippen molar-refractivity contribution < 1.29 is 9.59 Å². The molecule has 0 bridgehead atoms. The van der Waals surface area contributed by atoms with E-state index in [9.17, 15) is 9.59 Å².